The molecule has 0 aromatic heterocycles. The monoisotopic (exact) mass is 310 g/mol. The summed E-state index contributed by atoms with van der Waals surface area (Å²) in [5.41, 5.74) is 0.203. The molecular formula is C16H20F2N2O2. The second kappa shape index (κ2) is 6.71. The third-order valence-corrected chi connectivity index (χ3v) is 4.39. The average molecular weight is 310 g/mol. The van der Waals surface area contributed by atoms with Crippen LogP contribution >= 0.6 is 0 Å². The number of carbonyl (C=O) groups is 1. The van der Waals surface area contributed by atoms with Gasteiger partial charge >= 0.3 is 0 Å². The minimum atomic E-state index is -0.633. The molecule has 1 amide bonds. The molecule has 120 valence electrons. The molecule has 2 aliphatic rings. The van der Waals surface area contributed by atoms with Crippen molar-refractivity contribution in [3.8, 4) is 0 Å². The van der Waals surface area contributed by atoms with E-state index < -0.39 is 17.5 Å². The topological polar surface area (TPSA) is 41.6 Å². The molecule has 2 saturated heterocycles. The number of rotatable bonds is 2. The normalized spacial score (nSPS) is 20.2. The van der Waals surface area contributed by atoms with Crippen LogP contribution < -0.4 is 5.32 Å². The van der Waals surface area contributed by atoms with E-state index in [0.29, 0.717) is 31.9 Å². The molecule has 0 saturated carbocycles. The van der Waals surface area contributed by atoms with Gasteiger partial charge in [0.2, 0.25) is 0 Å². The first-order chi connectivity index (χ1) is 10.7. The van der Waals surface area contributed by atoms with E-state index in [1.54, 1.807) is 0 Å². The Bertz CT molecular complexity index is 553. The molecule has 22 heavy (non-hydrogen) atoms. The predicted molar refractivity (Wildman–Crippen MR) is 77.9 cm³/mol. The fourth-order valence-corrected chi connectivity index (χ4v) is 3.11. The van der Waals surface area contributed by atoms with Gasteiger partial charge in [-0.25, -0.2) is 8.78 Å². The van der Waals surface area contributed by atoms with Crippen LogP contribution in [0.15, 0.2) is 12.1 Å². The highest BCUT2D eigenvalue weighted by Crippen LogP contribution is 2.29. The number of piperidine rings is 1. The number of nitrogens with zero attached hydrogens (tertiary/aromatic N) is 1. The van der Waals surface area contributed by atoms with Crippen molar-refractivity contribution in [1.29, 1.82) is 0 Å². The van der Waals surface area contributed by atoms with Crippen molar-refractivity contribution >= 4 is 5.91 Å². The van der Waals surface area contributed by atoms with Gasteiger partial charge in [-0.3, -0.25) is 4.79 Å². The molecule has 0 atom stereocenters. The lowest BCUT2D eigenvalue weighted by Crippen LogP contribution is -2.41. The van der Waals surface area contributed by atoms with E-state index in [9.17, 15) is 13.6 Å². The summed E-state index contributed by atoms with van der Waals surface area (Å²) in [4.78, 5) is 13.8. The van der Waals surface area contributed by atoms with Gasteiger partial charge in [-0.2, -0.15) is 0 Å². The maximum atomic E-state index is 14.4. The standard InChI is InChI=1S/C16H20F2N2O2/c17-14-10-13(16(21)20-5-7-22-8-6-20)15(18)9-12(14)11-1-3-19-4-2-11/h9-11,19H,1-8H2. The van der Waals surface area contributed by atoms with Crippen molar-refractivity contribution in [2.24, 2.45) is 0 Å². The Balaban J connectivity index is 1.83. The zero-order chi connectivity index (χ0) is 15.5. The molecule has 0 bridgehead atoms. The van der Waals surface area contributed by atoms with Crippen molar-refractivity contribution < 1.29 is 18.3 Å². The second-order valence-electron chi connectivity index (χ2n) is 5.78. The van der Waals surface area contributed by atoms with Gasteiger partial charge in [0.1, 0.15) is 11.6 Å². The Hall–Kier alpha value is -1.53. The van der Waals surface area contributed by atoms with Crippen molar-refractivity contribution in [2.45, 2.75) is 18.8 Å². The lowest BCUT2D eigenvalue weighted by atomic mass is 9.89. The number of carbonyl (C=O) groups excluding carboxylic acids is 1. The van der Waals surface area contributed by atoms with E-state index in [4.69, 9.17) is 4.74 Å². The van der Waals surface area contributed by atoms with Gasteiger partial charge in [-0.15, -0.1) is 0 Å². The summed E-state index contributed by atoms with van der Waals surface area (Å²) in [7, 11) is 0. The minimum Gasteiger partial charge on any atom is -0.378 e. The molecule has 0 aliphatic carbocycles. The van der Waals surface area contributed by atoms with Crippen LogP contribution in [-0.2, 0) is 4.74 Å². The zero-order valence-electron chi connectivity index (χ0n) is 12.4. The smallest absolute Gasteiger partial charge is 0.257 e. The van der Waals surface area contributed by atoms with Crippen LogP contribution in [0.5, 0.6) is 0 Å². The highest BCUT2D eigenvalue weighted by atomic mass is 19.1. The van der Waals surface area contributed by atoms with Gasteiger partial charge < -0.3 is 15.0 Å². The molecule has 6 heteroatoms. The second-order valence-corrected chi connectivity index (χ2v) is 5.78. The summed E-state index contributed by atoms with van der Waals surface area (Å²) in [6.07, 6.45) is 1.57. The molecule has 2 aliphatic heterocycles. The van der Waals surface area contributed by atoms with Gasteiger partial charge in [0.25, 0.3) is 5.91 Å². The van der Waals surface area contributed by atoms with E-state index in [1.807, 2.05) is 0 Å². The molecule has 1 N–H and O–H groups in total. The minimum absolute atomic E-state index is 0.0169. The van der Waals surface area contributed by atoms with Crippen LogP contribution in [0, 0.1) is 11.6 Å². The lowest BCUT2D eigenvalue weighted by molar-refractivity contribution is 0.0299. The third kappa shape index (κ3) is 3.13. The number of amides is 1. The van der Waals surface area contributed by atoms with Crippen LogP contribution in [0.4, 0.5) is 8.78 Å². The summed E-state index contributed by atoms with van der Waals surface area (Å²) in [5.74, 6) is -1.56. The van der Waals surface area contributed by atoms with Crippen LogP contribution in [0.2, 0.25) is 0 Å². The molecular weight excluding hydrogens is 290 g/mol. The summed E-state index contributed by atoms with van der Waals surface area (Å²) >= 11 is 0. The first-order valence-corrected chi connectivity index (χ1v) is 7.73. The number of morpholine rings is 1. The fourth-order valence-electron chi connectivity index (χ4n) is 3.11. The maximum Gasteiger partial charge on any atom is 0.257 e. The van der Waals surface area contributed by atoms with Crippen LogP contribution in [-0.4, -0.2) is 50.2 Å². The molecule has 3 rings (SSSR count). The molecule has 2 heterocycles. The Morgan fingerprint density at radius 3 is 2.50 bits per heavy atom. The quantitative estimate of drug-likeness (QED) is 0.907. The third-order valence-electron chi connectivity index (χ3n) is 4.39. The average Bonchev–Trinajstić information content (AvgIpc) is 2.57. The van der Waals surface area contributed by atoms with Crippen molar-refractivity contribution in [3.05, 3.63) is 34.9 Å². The Morgan fingerprint density at radius 2 is 1.82 bits per heavy atom. The molecule has 4 nitrogen and oxygen atoms in total. The molecule has 0 radical (unpaired) electrons. The largest absolute Gasteiger partial charge is 0.378 e. The van der Waals surface area contributed by atoms with E-state index >= 15 is 0 Å². The summed E-state index contributed by atoms with van der Waals surface area (Å²) in [6.45, 7) is 3.30. The SMILES string of the molecule is O=C(c1cc(F)c(C2CCNCC2)cc1F)N1CCOCC1. The van der Waals surface area contributed by atoms with Gasteiger partial charge in [-0.1, -0.05) is 0 Å². The molecule has 0 unspecified atom stereocenters. The molecule has 1 aromatic rings. The van der Waals surface area contributed by atoms with E-state index in [2.05, 4.69) is 5.32 Å². The van der Waals surface area contributed by atoms with Crippen LogP contribution in [0.25, 0.3) is 0 Å². The van der Waals surface area contributed by atoms with E-state index in [-0.39, 0.29) is 11.5 Å². The van der Waals surface area contributed by atoms with Gasteiger partial charge in [0.15, 0.2) is 0 Å². The maximum absolute atomic E-state index is 14.4. The Labute approximate surface area is 128 Å². The van der Waals surface area contributed by atoms with Gasteiger partial charge in [-0.05, 0) is 49.5 Å². The Kier molecular flexibility index (Phi) is 4.69. The summed E-state index contributed by atoms with van der Waals surface area (Å²) in [5, 5.41) is 3.20. The van der Waals surface area contributed by atoms with Gasteiger partial charge in [0, 0.05) is 13.1 Å². The number of nitrogens with one attached hydrogen (secondary N) is 1. The number of benzene rings is 1. The van der Waals surface area contributed by atoms with E-state index in [0.717, 1.165) is 32.0 Å². The highest BCUT2D eigenvalue weighted by molar-refractivity contribution is 5.94. The van der Waals surface area contributed by atoms with Crippen molar-refractivity contribution in [2.75, 3.05) is 39.4 Å². The predicted octanol–water partition coefficient (Wildman–Crippen LogP) is 1.90. The number of hydrogen-bond acceptors (Lipinski definition) is 3. The first kappa shape index (κ1) is 15.4. The summed E-state index contributed by atoms with van der Waals surface area (Å²) in [6, 6.07) is 2.27. The van der Waals surface area contributed by atoms with Crippen LogP contribution in [0.1, 0.15) is 34.7 Å². The number of halogens is 2. The molecule has 2 fully saturated rings. The molecule has 1 aromatic carbocycles. The van der Waals surface area contributed by atoms with Crippen molar-refractivity contribution in [3.63, 3.8) is 0 Å². The Morgan fingerprint density at radius 1 is 1.14 bits per heavy atom. The first-order valence-electron chi connectivity index (χ1n) is 7.73. The van der Waals surface area contributed by atoms with E-state index in [1.165, 1.54) is 11.0 Å². The zero-order valence-corrected chi connectivity index (χ0v) is 12.4. The number of hydrogen-bond donors (Lipinski definition) is 1. The number of ether oxygens (including phenoxy) is 1. The summed E-state index contributed by atoms with van der Waals surface area (Å²) < 4.78 is 33.9. The van der Waals surface area contributed by atoms with Crippen LogP contribution in [0.3, 0.4) is 0 Å². The lowest BCUT2D eigenvalue weighted by Gasteiger charge is -2.27. The molecule has 0 spiro atoms. The van der Waals surface area contributed by atoms with Crippen molar-refractivity contribution in [1.82, 2.24) is 10.2 Å². The highest BCUT2D eigenvalue weighted by Gasteiger charge is 2.25. The van der Waals surface area contributed by atoms with Gasteiger partial charge in [0.05, 0.1) is 18.8 Å². The fraction of sp³-hybridized carbons (Fsp3) is 0.562.